The molecule has 0 bridgehead atoms. The zero-order valence-corrected chi connectivity index (χ0v) is 15.9. The number of nitrogens with one attached hydrogen (secondary N) is 1. The fourth-order valence-corrected chi connectivity index (χ4v) is 4.12. The number of hydrogen-bond acceptors (Lipinski definition) is 4. The number of aromatic nitrogens is 3. The third kappa shape index (κ3) is 4.24. The number of amides is 1. The number of carbonyl (C=O) groups is 1. The third-order valence-electron chi connectivity index (χ3n) is 4.96. The molecule has 134 valence electrons. The number of hydrogen-bond donors (Lipinski definition) is 1. The smallest absolute Gasteiger partial charge is 0.233 e. The van der Waals surface area contributed by atoms with Crippen LogP contribution in [0, 0.1) is 5.92 Å². The van der Waals surface area contributed by atoms with Gasteiger partial charge in [0.2, 0.25) is 5.91 Å². The van der Waals surface area contributed by atoms with Gasteiger partial charge in [-0.25, -0.2) is 0 Å². The molecule has 1 aromatic heterocycles. The van der Waals surface area contributed by atoms with E-state index in [-0.39, 0.29) is 11.2 Å². The molecule has 1 fully saturated rings. The van der Waals surface area contributed by atoms with Gasteiger partial charge in [-0.05, 0) is 25.7 Å². The highest BCUT2D eigenvalue weighted by molar-refractivity contribution is 8.00. The molecule has 0 saturated heterocycles. The number of nitrogens with zero attached hydrogens (tertiary/aromatic N) is 3. The van der Waals surface area contributed by atoms with E-state index in [2.05, 4.69) is 22.4 Å². The topological polar surface area (TPSA) is 59.8 Å². The van der Waals surface area contributed by atoms with Crippen molar-refractivity contribution >= 4 is 17.7 Å². The molecule has 0 spiro atoms. The molecule has 0 aliphatic heterocycles. The van der Waals surface area contributed by atoms with Crippen molar-refractivity contribution < 1.29 is 4.79 Å². The summed E-state index contributed by atoms with van der Waals surface area (Å²) >= 11 is 1.46. The average molecular weight is 359 g/mol. The Morgan fingerprint density at radius 2 is 1.96 bits per heavy atom. The maximum absolute atomic E-state index is 12.6. The molecule has 1 saturated carbocycles. The summed E-state index contributed by atoms with van der Waals surface area (Å²) in [5.41, 5.74) is 1.03. The normalized spacial score (nSPS) is 21.7. The molecule has 0 radical (unpaired) electrons. The minimum Gasteiger partial charge on any atom is -0.352 e. The second-order valence-electron chi connectivity index (χ2n) is 6.87. The molecule has 1 N–H and O–H groups in total. The fourth-order valence-electron chi connectivity index (χ4n) is 3.30. The maximum Gasteiger partial charge on any atom is 0.233 e. The van der Waals surface area contributed by atoms with Gasteiger partial charge in [-0.15, -0.1) is 10.2 Å². The predicted octanol–water partition coefficient (Wildman–Crippen LogP) is 3.66. The molecule has 1 amide bonds. The van der Waals surface area contributed by atoms with Gasteiger partial charge >= 0.3 is 0 Å². The molecular formula is C19H26N4OS. The van der Waals surface area contributed by atoms with Crippen LogP contribution in [0.3, 0.4) is 0 Å². The first-order chi connectivity index (χ1) is 12.1. The lowest BCUT2D eigenvalue weighted by molar-refractivity contribution is -0.121. The lowest BCUT2D eigenvalue weighted by Gasteiger charge is -2.30. The SMILES string of the molecule is C[C@@H]1CCCC[C@H]1NC(=O)[C@@H](C)Sc1nnc(-c2ccccc2)n1C. The van der Waals surface area contributed by atoms with Gasteiger partial charge in [0.15, 0.2) is 11.0 Å². The van der Waals surface area contributed by atoms with Gasteiger partial charge in [-0.2, -0.15) is 0 Å². The Morgan fingerprint density at radius 1 is 1.24 bits per heavy atom. The second-order valence-corrected chi connectivity index (χ2v) is 8.18. The first kappa shape index (κ1) is 18.0. The van der Waals surface area contributed by atoms with Crippen molar-refractivity contribution in [3.63, 3.8) is 0 Å². The van der Waals surface area contributed by atoms with Crippen molar-refractivity contribution in [2.75, 3.05) is 0 Å². The third-order valence-corrected chi connectivity index (χ3v) is 6.09. The van der Waals surface area contributed by atoms with Crippen molar-refractivity contribution in [3.8, 4) is 11.4 Å². The van der Waals surface area contributed by atoms with Gasteiger partial charge in [0, 0.05) is 18.7 Å². The van der Waals surface area contributed by atoms with Crippen molar-refractivity contribution in [2.45, 2.75) is 56.0 Å². The molecule has 25 heavy (non-hydrogen) atoms. The van der Waals surface area contributed by atoms with Crippen LogP contribution in [-0.2, 0) is 11.8 Å². The monoisotopic (exact) mass is 358 g/mol. The lowest BCUT2D eigenvalue weighted by Crippen LogP contribution is -2.44. The molecule has 3 rings (SSSR count). The molecule has 1 heterocycles. The minimum atomic E-state index is -0.194. The zero-order valence-electron chi connectivity index (χ0n) is 15.1. The molecule has 1 aliphatic rings. The van der Waals surface area contributed by atoms with E-state index in [1.807, 2.05) is 48.9 Å². The highest BCUT2D eigenvalue weighted by atomic mass is 32.2. The Hall–Kier alpha value is -1.82. The van der Waals surface area contributed by atoms with Crippen molar-refractivity contribution in [3.05, 3.63) is 30.3 Å². The van der Waals surface area contributed by atoms with Gasteiger partial charge in [0.25, 0.3) is 0 Å². The molecule has 1 aromatic carbocycles. The van der Waals surface area contributed by atoms with Crippen molar-refractivity contribution in [2.24, 2.45) is 13.0 Å². The number of carbonyl (C=O) groups excluding carboxylic acids is 1. The van der Waals surface area contributed by atoms with Crippen LogP contribution < -0.4 is 5.32 Å². The predicted molar refractivity (Wildman–Crippen MR) is 101 cm³/mol. The molecule has 6 heteroatoms. The highest BCUT2D eigenvalue weighted by Crippen LogP contribution is 2.27. The summed E-state index contributed by atoms with van der Waals surface area (Å²) < 4.78 is 1.95. The summed E-state index contributed by atoms with van der Waals surface area (Å²) in [5, 5.41) is 12.4. The van der Waals surface area contributed by atoms with E-state index in [4.69, 9.17) is 0 Å². The van der Waals surface area contributed by atoms with Gasteiger partial charge in [-0.3, -0.25) is 4.79 Å². The number of rotatable bonds is 5. The van der Waals surface area contributed by atoms with Crippen LogP contribution in [0.5, 0.6) is 0 Å². The number of benzene rings is 1. The van der Waals surface area contributed by atoms with E-state index < -0.39 is 0 Å². The molecule has 0 unspecified atom stereocenters. The van der Waals surface area contributed by atoms with E-state index in [0.717, 1.165) is 23.0 Å². The Balaban J connectivity index is 1.64. The van der Waals surface area contributed by atoms with E-state index in [1.54, 1.807) is 0 Å². The molecule has 2 aromatic rings. The van der Waals surface area contributed by atoms with Crippen LogP contribution >= 0.6 is 11.8 Å². The Bertz CT molecular complexity index is 715. The Kier molecular flexibility index (Phi) is 5.78. The summed E-state index contributed by atoms with van der Waals surface area (Å²) in [6.07, 6.45) is 4.78. The summed E-state index contributed by atoms with van der Waals surface area (Å²) in [6.45, 7) is 4.17. The van der Waals surface area contributed by atoms with Crippen LogP contribution in [0.15, 0.2) is 35.5 Å². The van der Waals surface area contributed by atoms with Gasteiger partial charge in [0.1, 0.15) is 0 Å². The van der Waals surface area contributed by atoms with E-state index in [1.165, 1.54) is 31.0 Å². The first-order valence-corrected chi connectivity index (χ1v) is 9.86. The summed E-state index contributed by atoms with van der Waals surface area (Å²) in [4.78, 5) is 12.6. The standard InChI is InChI=1S/C19H26N4OS/c1-13-9-7-8-12-16(13)20-18(24)14(2)25-19-22-21-17(23(19)3)15-10-5-4-6-11-15/h4-6,10-11,13-14,16H,7-9,12H2,1-3H3,(H,20,24)/t13-,14-,16-/m1/s1. The van der Waals surface area contributed by atoms with Gasteiger partial charge < -0.3 is 9.88 Å². The van der Waals surface area contributed by atoms with E-state index >= 15 is 0 Å². The second kappa shape index (κ2) is 8.04. The lowest BCUT2D eigenvalue weighted by atomic mass is 9.86. The Labute approximate surface area is 153 Å². The maximum atomic E-state index is 12.6. The highest BCUT2D eigenvalue weighted by Gasteiger charge is 2.26. The van der Waals surface area contributed by atoms with Crippen molar-refractivity contribution in [1.29, 1.82) is 0 Å². The van der Waals surface area contributed by atoms with Crippen LogP contribution in [0.4, 0.5) is 0 Å². The van der Waals surface area contributed by atoms with E-state index in [0.29, 0.717) is 12.0 Å². The number of thioether (sulfide) groups is 1. The zero-order chi connectivity index (χ0) is 17.8. The Morgan fingerprint density at radius 3 is 2.68 bits per heavy atom. The summed E-state index contributed by atoms with van der Waals surface area (Å²) in [7, 11) is 1.94. The van der Waals surface area contributed by atoms with E-state index in [9.17, 15) is 4.79 Å². The summed E-state index contributed by atoms with van der Waals surface area (Å²) in [5.74, 6) is 1.47. The average Bonchev–Trinajstić information content (AvgIpc) is 2.98. The summed E-state index contributed by atoms with van der Waals surface area (Å²) in [6, 6.07) is 10.3. The molecule has 1 aliphatic carbocycles. The van der Waals surface area contributed by atoms with Crippen LogP contribution in [0.1, 0.15) is 39.5 Å². The van der Waals surface area contributed by atoms with Gasteiger partial charge in [0.05, 0.1) is 5.25 Å². The van der Waals surface area contributed by atoms with Gasteiger partial charge in [-0.1, -0.05) is 61.9 Å². The minimum absolute atomic E-state index is 0.0908. The molecule has 5 nitrogen and oxygen atoms in total. The molecule has 3 atom stereocenters. The fraction of sp³-hybridized carbons (Fsp3) is 0.526. The molecular weight excluding hydrogens is 332 g/mol. The largest absolute Gasteiger partial charge is 0.352 e. The van der Waals surface area contributed by atoms with Crippen molar-refractivity contribution in [1.82, 2.24) is 20.1 Å². The van der Waals surface area contributed by atoms with Crippen LogP contribution in [0.25, 0.3) is 11.4 Å². The van der Waals surface area contributed by atoms with Crippen LogP contribution in [-0.4, -0.2) is 32.0 Å². The first-order valence-electron chi connectivity index (χ1n) is 8.98. The van der Waals surface area contributed by atoms with Crippen LogP contribution in [0.2, 0.25) is 0 Å². The quantitative estimate of drug-likeness (QED) is 0.829.